The van der Waals surface area contributed by atoms with Crippen LogP contribution in [0.5, 0.6) is 0 Å². The smallest absolute Gasteiger partial charge is 0.358 e. The Kier molecular flexibility index (Phi) is 4.71. The molecule has 1 aliphatic heterocycles. The van der Waals surface area contributed by atoms with E-state index >= 15 is 0 Å². The fourth-order valence-corrected chi connectivity index (χ4v) is 3.43. The molecule has 1 saturated heterocycles. The molecular formula is C16H20N8O2. The normalized spacial score (nSPS) is 17.2. The minimum Gasteiger partial charge on any atom is -0.358 e. The van der Waals surface area contributed by atoms with Crippen LogP contribution in [0.2, 0.25) is 0 Å². The van der Waals surface area contributed by atoms with Gasteiger partial charge in [-0.15, -0.1) is 0 Å². The average Bonchev–Trinajstić information content (AvgIpc) is 2.98. The Morgan fingerprint density at radius 3 is 2.73 bits per heavy atom. The van der Waals surface area contributed by atoms with E-state index in [-0.39, 0.29) is 17.6 Å². The summed E-state index contributed by atoms with van der Waals surface area (Å²) in [6.07, 6.45) is 3.06. The van der Waals surface area contributed by atoms with Gasteiger partial charge >= 0.3 is 5.82 Å². The van der Waals surface area contributed by atoms with Crippen LogP contribution >= 0.6 is 0 Å². The van der Waals surface area contributed by atoms with Crippen molar-refractivity contribution in [2.24, 2.45) is 0 Å². The number of nitro groups is 1. The van der Waals surface area contributed by atoms with Gasteiger partial charge in [-0.05, 0) is 23.8 Å². The van der Waals surface area contributed by atoms with Crippen LogP contribution in [-0.4, -0.2) is 50.1 Å². The Hall–Kier alpha value is -3.22. The Balaban J connectivity index is 1.91. The third-order valence-electron chi connectivity index (χ3n) is 4.59. The molecule has 10 heteroatoms. The van der Waals surface area contributed by atoms with Crippen LogP contribution in [0.3, 0.4) is 0 Å². The molecule has 0 N–H and O–H groups in total. The van der Waals surface area contributed by atoms with E-state index in [4.69, 9.17) is 0 Å². The molecule has 10 nitrogen and oxygen atoms in total. The maximum absolute atomic E-state index is 11.5. The first-order valence-corrected chi connectivity index (χ1v) is 8.42. The number of nitrogens with zero attached hydrogens (tertiary/aromatic N) is 8. The van der Waals surface area contributed by atoms with Gasteiger partial charge in [0.1, 0.15) is 6.07 Å². The van der Waals surface area contributed by atoms with E-state index in [0.717, 1.165) is 0 Å². The number of rotatable bonds is 4. The molecule has 2 aromatic rings. The van der Waals surface area contributed by atoms with Gasteiger partial charge < -0.3 is 19.9 Å². The van der Waals surface area contributed by atoms with Crippen LogP contribution in [-0.2, 0) is 6.54 Å². The number of hydrogen-bond acceptors (Lipinski definition) is 8. The molecule has 136 valence electrons. The molecule has 3 rings (SSSR count). The van der Waals surface area contributed by atoms with Gasteiger partial charge in [-0.2, -0.15) is 5.26 Å². The highest BCUT2D eigenvalue weighted by atomic mass is 16.6. The van der Waals surface area contributed by atoms with E-state index < -0.39 is 4.92 Å². The van der Waals surface area contributed by atoms with Crippen molar-refractivity contribution in [1.29, 1.82) is 5.26 Å². The van der Waals surface area contributed by atoms with Gasteiger partial charge in [-0.3, -0.25) is 4.57 Å². The van der Waals surface area contributed by atoms with E-state index in [9.17, 15) is 15.4 Å². The Bertz CT molecular complexity index is 872. The van der Waals surface area contributed by atoms with Crippen LogP contribution in [0.25, 0.3) is 0 Å². The van der Waals surface area contributed by atoms with Crippen LogP contribution < -0.4 is 9.80 Å². The number of piperazine rings is 1. The summed E-state index contributed by atoms with van der Waals surface area (Å²) in [5, 5.41) is 20.7. The quantitative estimate of drug-likeness (QED) is 0.597. The van der Waals surface area contributed by atoms with Crippen molar-refractivity contribution in [1.82, 2.24) is 19.5 Å². The summed E-state index contributed by atoms with van der Waals surface area (Å²) in [5.41, 5.74) is 0.286. The molecule has 0 aromatic carbocycles. The van der Waals surface area contributed by atoms with Crippen LogP contribution in [0.15, 0.2) is 12.4 Å². The molecule has 0 aliphatic carbocycles. The zero-order valence-corrected chi connectivity index (χ0v) is 15.0. The molecule has 3 heterocycles. The summed E-state index contributed by atoms with van der Waals surface area (Å²) >= 11 is 0. The molecule has 26 heavy (non-hydrogen) atoms. The third-order valence-corrected chi connectivity index (χ3v) is 4.59. The third kappa shape index (κ3) is 2.92. The van der Waals surface area contributed by atoms with E-state index in [1.54, 1.807) is 13.1 Å². The molecular weight excluding hydrogens is 336 g/mol. The van der Waals surface area contributed by atoms with Crippen molar-refractivity contribution >= 4 is 17.5 Å². The summed E-state index contributed by atoms with van der Waals surface area (Å²) < 4.78 is 1.87. The number of imidazole rings is 1. The Morgan fingerprint density at radius 2 is 2.12 bits per heavy atom. The second kappa shape index (κ2) is 6.95. The highest BCUT2D eigenvalue weighted by Crippen LogP contribution is 2.32. The van der Waals surface area contributed by atoms with Gasteiger partial charge in [0.2, 0.25) is 11.6 Å². The van der Waals surface area contributed by atoms with Gasteiger partial charge in [0.05, 0.1) is 0 Å². The maximum Gasteiger partial charge on any atom is 0.406 e. The molecule has 0 bridgehead atoms. The topological polar surface area (TPSA) is 117 Å². The van der Waals surface area contributed by atoms with Crippen LogP contribution in [0.1, 0.15) is 25.4 Å². The molecule has 0 amide bonds. The molecule has 1 unspecified atom stereocenters. The van der Waals surface area contributed by atoms with Crippen molar-refractivity contribution in [2.75, 3.05) is 29.4 Å². The Labute approximate surface area is 150 Å². The molecule has 2 aromatic heterocycles. The van der Waals surface area contributed by atoms with Crippen LogP contribution in [0.4, 0.5) is 17.5 Å². The zero-order chi connectivity index (χ0) is 18.8. The van der Waals surface area contributed by atoms with E-state index in [1.165, 1.54) is 6.20 Å². The minimum absolute atomic E-state index is 0.0163. The van der Waals surface area contributed by atoms with E-state index in [2.05, 4.69) is 21.0 Å². The molecule has 1 fully saturated rings. The fraction of sp³-hybridized carbons (Fsp3) is 0.500. The number of hydrogen-bond donors (Lipinski definition) is 0. The van der Waals surface area contributed by atoms with Gasteiger partial charge in [0.25, 0.3) is 0 Å². The first-order valence-electron chi connectivity index (χ1n) is 8.42. The summed E-state index contributed by atoms with van der Waals surface area (Å²) in [5.74, 6) is 1.62. The van der Waals surface area contributed by atoms with Gasteiger partial charge in [-0.25, -0.2) is 9.97 Å². The fourth-order valence-electron chi connectivity index (χ4n) is 3.43. The van der Waals surface area contributed by atoms with Crippen LogP contribution in [0, 0.1) is 28.4 Å². The predicted octanol–water partition coefficient (Wildman–Crippen LogP) is 1.50. The minimum atomic E-state index is -0.427. The first kappa shape index (κ1) is 17.6. The molecule has 1 atom stereocenters. The molecule has 1 aliphatic rings. The number of aromatic nitrogens is 4. The lowest BCUT2D eigenvalue weighted by atomic mass is 10.2. The standard InChI is InChI=1S/C16H20N8O2/c1-4-22-12(3)20-15(24(25)26)16(22)23-8-7-21(10-11(23)2)14-13(9-17)18-5-6-19-14/h5-6,11H,4,7-8,10H2,1-3H3. The second-order valence-corrected chi connectivity index (χ2v) is 6.14. The monoisotopic (exact) mass is 356 g/mol. The number of nitriles is 1. The van der Waals surface area contributed by atoms with E-state index in [0.29, 0.717) is 43.6 Å². The zero-order valence-electron chi connectivity index (χ0n) is 15.0. The lowest BCUT2D eigenvalue weighted by Gasteiger charge is -2.41. The lowest BCUT2D eigenvalue weighted by Crippen LogP contribution is -2.53. The number of anilines is 2. The lowest BCUT2D eigenvalue weighted by molar-refractivity contribution is -0.388. The second-order valence-electron chi connectivity index (χ2n) is 6.14. The summed E-state index contributed by atoms with van der Waals surface area (Å²) in [4.78, 5) is 27.5. The Morgan fingerprint density at radius 1 is 1.38 bits per heavy atom. The van der Waals surface area contributed by atoms with Gasteiger partial charge in [0.15, 0.2) is 11.5 Å². The molecule has 0 spiro atoms. The number of aryl methyl sites for hydroxylation is 1. The summed E-state index contributed by atoms with van der Waals surface area (Å²) in [7, 11) is 0. The highest BCUT2D eigenvalue weighted by Gasteiger charge is 2.35. The first-order chi connectivity index (χ1) is 12.5. The SMILES string of the molecule is CCn1c(C)nc([N+](=O)[O-])c1N1CCN(c2nccnc2C#N)CC1C. The summed E-state index contributed by atoms with van der Waals surface area (Å²) in [6, 6.07) is 2.05. The van der Waals surface area contributed by atoms with E-state index in [1.807, 2.05) is 28.2 Å². The summed E-state index contributed by atoms with van der Waals surface area (Å²) in [6.45, 7) is 8.06. The van der Waals surface area contributed by atoms with Crippen molar-refractivity contribution < 1.29 is 4.92 Å². The maximum atomic E-state index is 11.5. The highest BCUT2D eigenvalue weighted by molar-refractivity contribution is 5.59. The van der Waals surface area contributed by atoms with Crippen molar-refractivity contribution in [3.05, 3.63) is 34.0 Å². The molecule has 0 radical (unpaired) electrons. The average molecular weight is 356 g/mol. The predicted molar refractivity (Wildman–Crippen MR) is 95.1 cm³/mol. The van der Waals surface area contributed by atoms with Crippen molar-refractivity contribution in [3.63, 3.8) is 0 Å². The largest absolute Gasteiger partial charge is 0.406 e. The van der Waals surface area contributed by atoms with Gasteiger partial charge in [-0.1, -0.05) is 0 Å². The van der Waals surface area contributed by atoms with Crippen molar-refractivity contribution in [2.45, 2.75) is 33.4 Å². The van der Waals surface area contributed by atoms with Crippen molar-refractivity contribution in [3.8, 4) is 6.07 Å². The molecule has 0 saturated carbocycles. The van der Waals surface area contributed by atoms with Gasteiger partial charge in [0, 0.05) is 51.5 Å².